The van der Waals surface area contributed by atoms with E-state index in [0.717, 1.165) is 0 Å². The molecule has 2 rings (SSSR count). The van der Waals surface area contributed by atoms with Crippen molar-refractivity contribution in [3.05, 3.63) is 11.2 Å². The van der Waals surface area contributed by atoms with Crippen molar-refractivity contribution in [1.29, 1.82) is 0 Å². The molecule has 1 aliphatic heterocycles. The Labute approximate surface area is 106 Å². The number of hydrogen-bond acceptors (Lipinski definition) is 4. The number of carbonyl (C=O) groups excluding carboxylic acids is 1. The lowest BCUT2D eigenvalue weighted by molar-refractivity contribution is -0.117. The Morgan fingerprint density at radius 2 is 2.38 bits per heavy atom. The van der Waals surface area contributed by atoms with Gasteiger partial charge in [-0.2, -0.15) is 4.98 Å². The predicted octanol–water partition coefficient (Wildman–Crippen LogP) is 1.64. The highest BCUT2D eigenvalue weighted by atomic mass is 79.9. The minimum atomic E-state index is -0.0220. The molecular weight excluding hydrogens is 297 g/mol. The summed E-state index contributed by atoms with van der Waals surface area (Å²) in [6, 6.07) is 1.50. The molecule has 86 valence electrons. The van der Waals surface area contributed by atoms with E-state index in [1.54, 1.807) is 0 Å². The summed E-state index contributed by atoms with van der Waals surface area (Å²) in [6.45, 7) is 0.544. The summed E-state index contributed by atoms with van der Waals surface area (Å²) in [4.78, 5) is 21.3. The van der Waals surface area contributed by atoms with Crippen LogP contribution in [-0.2, 0) is 4.79 Å². The first-order valence-corrected chi connectivity index (χ1v) is 5.92. The fourth-order valence-corrected chi connectivity index (χ4v) is 2.20. The number of ether oxygens (including phenoxy) is 1. The van der Waals surface area contributed by atoms with E-state index in [1.165, 1.54) is 18.1 Å². The van der Waals surface area contributed by atoms with E-state index in [4.69, 9.17) is 16.3 Å². The van der Waals surface area contributed by atoms with Crippen molar-refractivity contribution in [2.75, 3.05) is 18.6 Å². The number of hydrogen-bond donors (Lipinski definition) is 0. The van der Waals surface area contributed by atoms with Crippen LogP contribution in [0.25, 0.3) is 0 Å². The molecule has 1 aromatic rings. The van der Waals surface area contributed by atoms with Gasteiger partial charge in [-0.15, -0.1) is 0 Å². The molecule has 16 heavy (non-hydrogen) atoms. The Balaban J connectivity index is 2.33. The topological polar surface area (TPSA) is 55.3 Å². The maximum absolute atomic E-state index is 11.6. The molecule has 1 atom stereocenters. The van der Waals surface area contributed by atoms with Crippen LogP contribution in [0.5, 0.6) is 5.88 Å². The lowest BCUT2D eigenvalue weighted by atomic mass is 10.4. The number of nitrogens with zero attached hydrogens (tertiary/aromatic N) is 3. The predicted molar refractivity (Wildman–Crippen MR) is 63.3 cm³/mol. The molecule has 1 amide bonds. The third-order valence-corrected chi connectivity index (χ3v) is 2.99. The first-order chi connectivity index (χ1) is 7.60. The van der Waals surface area contributed by atoms with Gasteiger partial charge in [0.05, 0.1) is 7.11 Å². The van der Waals surface area contributed by atoms with Crippen LogP contribution < -0.4 is 9.64 Å². The van der Waals surface area contributed by atoms with Crippen LogP contribution in [-0.4, -0.2) is 34.4 Å². The van der Waals surface area contributed by atoms with E-state index < -0.39 is 0 Å². The Hall–Kier alpha value is -0.880. The van der Waals surface area contributed by atoms with Crippen LogP contribution >= 0.6 is 27.5 Å². The zero-order valence-electron chi connectivity index (χ0n) is 8.48. The van der Waals surface area contributed by atoms with Crippen molar-refractivity contribution >= 4 is 39.4 Å². The number of carbonyl (C=O) groups is 1. The van der Waals surface area contributed by atoms with Crippen molar-refractivity contribution < 1.29 is 9.53 Å². The van der Waals surface area contributed by atoms with Gasteiger partial charge in [-0.25, -0.2) is 4.98 Å². The lowest BCUT2D eigenvalue weighted by Crippen LogP contribution is -2.26. The summed E-state index contributed by atoms with van der Waals surface area (Å²) in [7, 11) is 1.49. The number of amides is 1. The van der Waals surface area contributed by atoms with E-state index in [-0.39, 0.29) is 21.8 Å². The van der Waals surface area contributed by atoms with Crippen LogP contribution in [0, 0.1) is 0 Å². The van der Waals surface area contributed by atoms with Crippen LogP contribution in [0.2, 0.25) is 5.15 Å². The summed E-state index contributed by atoms with van der Waals surface area (Å²) >= 11 is 9.20. The van der Waals surface area contributed by atoms with E-state index in [9.17, 15) is 4.79 Å². The number of anilines is 1. The maximum atomic E-state index is 11.6. The van der Waals surface area contributed by atoms with Crippen molar-refractivity contribution in [3.63, 3.8) is 0 Å². The van der Waals surface area contributed by atoms with Gasteiger partial charge in [0.15, 0.2) is 0 Å². The number of aromatic nitrogens is 2. The molecule has 0 saturated carbocycles. The molecule has 1 unspecified atom stereocenters. The van der Waals surface area contributed by atoms with Gasteiger partial charge in [-0.3, -0.25) is 9.69 Å². The minimum Gasteiger partial charge on any atom is -0.481 e. The molecule has 0 aromatic carbocycles. The van der Waals surface area contributed by atoms with Gasteiger partial charge in [-0.1, -0.05) is 27.5 Å². The van der Waals surface area contributed by atoms with Crippen molar-refractivity contribution in [1.82, 2.24) is 9.97 Å². The molecule has 0 bridgehead atoms. The molecule has 0 aliphatic carbocycles. The third-order valence-electron chi connectivity index (χ3n) is 2.19. The fourth-order valence-electron chi connectivity index (χ4n) is 1.47. The van der Waals surface area contributed by atoms with Gasteiger partial charge in [0.1, 0.15) is 5.15 Å². The van der Waals surface area contributed by atoms with Gasteiger partial charge in [0, 0.05) is 23.9 Å². The zero-order valence-corrected chi connectivity index (χ0v) is 10.8. The summed E-state index contributed by atoms with van der Waals surface area (Å²) in [5.74, 6) is 0.614. The van der Waals surface area contributed by atoms with Gasteiger partial charge in [0.2, 0.25) is 17.7 Å². The molecule has 1 aliphatic rings. The summed E-state index contributed by atoms with van der Waals surface area (Å²) in [5.41, 5.74) is 0. The molecule has 5 nitrogen and oxygen atoms in total. The molecule has 2 heterocycles. The van der Waals surface area contributed by atoms with Gasteiger partial charge < -0.3 is 4.74 Å². The zero-order chi connectivity index (χ0) is 11.7. The SMILES string of the molecule is COc1cc(Cl)nc(N2CC(Br)CC2=O)n1. The van der Waals surface area contributed by atoms with E-state index in [0.29, 0.717) is 18.8 Å². The summed E-state index contributed by atoms with van der Waals surface area (Å²) < 4.78 is 4.97. The van der Waals surface area contributed by atoms with Crippen LogP contribution in [0.4, 0.5) is 5.95 Å². The second-order valence-corrected chi connectivity index (χ2v) is 5.02. The Morgan fingerprint density at radius 1 is 1.62 bits per heavy atom. The summed E-state index contributed by atoms with van der Waals surface area (Å²) in [5, 5.41) is 0.257. The highest BCUT2D eigenvalue weighted by Gasteiger charge is 2.31. The highest BCUT2D eigenvalue weighted by molar-refractivity contribution is 9.09. The lowest BCUT2D eigenvalue weighted by Gasteiger charge is -2.14. The van der Waals surface area contributed by atoms with Crippen LogP contribution in [0.3, 0.4) is 0 Å². The van der Waals surface area contributed by atoms with Gasteiger partial charge >= 0.3 is 0 Å². The standard InChI is InChI=1S/C9H9BrClN3O2/c1-16-7-3-6(11)12-9(13-7)14-4-5(10)2-8(14)15/h3,5H,2,4H2,1H3. The van der Waals surface area contributed by atoms with Crippen molar-refractivity contribution in [2.24, 2.45) is 0 Å². The second kappa shape index (κ2) is 4.55. The largest absolute Gasteiger partial charge is 0.481 e. The van der Waals surface area contributed by atoms with Crippen LogP contribution in [0.15, 0.2) is 6.07 Å². The van der Waals surface area contributed by atoms with Crippen molar-refractivity contribution in [2.45, 2.75) is 11.2 Å². The monoisotopic (exact) mass is 305 g/mol. The molecule has 7 heteroatoms. The smallest absolute Gasteiger partial charge is 0.236 e. The Kier molecular flexibility index (Phi) is 3.30. The number of halogens is 2. The Morgan fingerprint density at radius 3 is 2.94 bits per heavy atom. The van der Waals surface area contributed by atoms with Crippen molar-refractivity contribution in [3.8, 4) is 5.88 Å². The second-order valence-electron chi connectivity index (χ2n) is 3.34. The average molecular weight is 307 g/mol. The molecule has 1 saturated heterocycles. The molecule has 1 aromatic heterocycles. The summed E-state index contributed by atoms with van der Waals surface area (Å²) in [6.07, 6.45) is 0.443. The normalized spacial score (nSPS) is 20.3. The van der Waals surface area contributed by atoms with Crippen LogP contribution in [0.1, 0.15) is 6.42 Å². The minimum absolute atomic E-state index is 0.0220. The first kappa shape index (κ1) is 11.6. The average Bonchev–Trinajstić information content (AvgIpc) is 2.57. The maximum Gasteiger partial charge on any atom is 0.236 e. The first-order valence-electron chi connectivity index (χ1n) is 4.63. The van der Waals surface area contributed by atoms with E-state index in [2.05, 4.69) is 25.9 Å². The number of rotatable bonds is 2. The number of methoxy groups -OCH3 is 1. The molecule has 0 radical (unpaired) electrons. The van der Waals surface area contributed by atoms with Gasteiger partial charge in [0.25, 0.3) is 0 Å². The highest BCUT2D eigenvalue weighted by Crippen LogP contribution is 2.25. The van der Waals surface area contributed by atoms with E-state index >= 15 is 0 Å². The molecule has 0 N–H and O–H groups in total. The third kappa shape index (κ3) is 2.27. The quantitative estimate of drug-likeness (QED) is 0.616. The van der Waals surface area contributed by atoms with E-state index in [1.807, 2.05) is 0 Å². The molecular formula is C9H9BrClN3O2. The van der Waals surface area contributed by atoms with Gasteiger partial charge in [-0.05, 0) is 0 Å². The fraction of sp³-hybridized carbons (Fsp3) is 0.444. The number of alkyl halides is 1. The molecule has 0 spiro atoms. The Bertz CT molecular complexity index is 429. The molecule has 1 fully saturated rings.